The molecule has 0 aliphatic heterocycles. The van der Waals surface area contributed by atoms with E-state index in [0.29, 0.717) is 11.3 Å². The monoisotopic (exact) mass is 371 g/mol. The molecule has 2 N–H and O–H groups in total. The molecular formula is C18H18BrN3O. The molecular weight excluding hydrogens is 354 g/mol. The highest BCUT2D eigenvalue weighted by molar-refractivity contribution is 9.10. The Hall–Kier alpha value is -2.16. The highest BCUT2D eigenvalue weighted by Gasteiger charge is 2.11. The molecule has 0 radical (unpaired) electrons. The van der Waals surface area contributed by atoms with Gasteiger partial charge in [0.2, 0.25) is 5.91 Å². The fourth-order valence-corrected chi connectivity index (χ4v) is 2.54. The van der Waals surface area contributed by atoms with E-state index in [2.05, 4.69) is 39.6 Å². The van der Waals surface area contributed by atoms with Gasteiger partial charge in [-0.15, -0.1) is 0 Å². The molecule has 23 heavy (non-hydrogen) atoms. The second-order valence-electron chi connectivity index (χ2n) is 5.13. The van der Waals surface area contributed by atoms with E-state index in [1.165, 1.54) is 0 Å². The summed E-state index contributed by atoms with van der Waals surface area (Å²) in [7, 11) is 0. The molecule has 0 spiro atoms. The molecule has 0 heterocycles. The zero-order chi connectivity index (χ0) is 16.7. The van der Waals surface area contributed by atoms with E-state index in [9.17, 15) is 4.79 Å². The van der Waals surface area contributed by atoms with Gasteiger partial charge in [0.1, 0.15) is 0 Å². The molecule has 2 aromatic carbocycles. The fraction of sp³-hybridized carbons (Fsp3) is 0.222. The van der Waals surface area contributed by atoms with E-state index < -0.39 is 0 Å². The second kappa shape index (κ2) is 8.47. The number of carbonyl (C=O) groups excluding carboxylic acids is 1. The first-order valence-electron chi connectivity index (χ1n) is 7.41. The largest absolute Gasteiger partial charge is 0.325 e. The molecule has 2 aromatic rings. The summed E-state index contributed by atoms with van der Waals surface area (Å²) in [6.07, 6.45) is 0.888. The Morgan fingerprint density at radius 2 is 2.00 bits per heavy atom. The van der Waals surface area contributed by atoms with Crippen molar-refractivity contribution in [2.45, 2.75) is 19.4 Å². The van der Waals surface area contributed by atoms with Gasteiger partial charge in [0.15, 0.2) is 0 Å². The molecule has 0 aliphatic rings. The van der Waals surface area contributed by atoms with E-state index in [4.69, 9.17) is 5.26 Å². The van der Waals surface area contributed by atoms with Crippen molar-refractivity contribution in [3.8, 4) is 6.07 Å². The molecule has 1 amide bonds. The van der Waals surface area contributed by atoms with Gasteiger partial charge in [0, 0.05) is 16.2 Å². The van der Waals surface area contributed by atoms with Gasteiger partial charge in [-0.25, -0.2) is 0 Å². The summed E-state index contributed by atoms with van der Waals surface area (Å²) < 4.78 is 1.03. The molecule has 0 aliphatic carbocycles. The van der Waals surface area contributed by atoms with Crippen molar-refractivity contribution in [3.63, 3.8) is 0 Å². The number of rotatable bonds is 6. The highest BCUT2D eigenvalue weighted by atomic mass is 79.9. The van der Waals surface area contributed by atoms with Crippen LogP contribution in [0.1, 0.15) is 30.5 Å². The van der Waals surface area contributed by atoms with Crippen LogP contribution in [0, 0.1) is 11.3 Å². The van der Waals surface area contributed by atoms with Crippen LogP contribution in [0.3, 0.4) is 0 Å². The summed E-state index contributed by atoms with van der Waals surface area (Å²) in [4.78, 5) is 12.1. The van der Waals surface area contributed by atoms with E-state index in [0.717, 1.165) is 16.5 Å². The minimum atomic E-state index is -0.129. The molecule has 0 unspecified atom stereocenters. The van der Waals surface area contributed by atoms with Crippen molar-refractivity contribution >= 4 is 27.5 Å². The average Bonchev–Trinajstić information content (AvgIpc) is 2.57. The lowest BCUT2D eigenvalue weighted by molar-refractivity contribution is -0.115. The lowest BCUT2D eigenvalue weighted by Crippen LogP contribution is -2.31. The normalized spacial score (nSPS) is 11.5. The Labute approximate surface area is 144 Å². The van der Waals surface area contributed by atoms with Gasteiger partial charge in [-0.05, 0) is 42.3 Å². The van der Waals surface area contributed by atoms with Gasteiger partial charge in [-0.3, -0.25) is 4.79 Å². The summed E-state index contributed by atoms with van der Waals surface area (Å²) in [6.45, 7) is 2.29. The van der Waals surface area contributed by atoms with Crippen molar-refractivity contribution in [1.29, 1.82) is 5.26 Å². The minimum absolute atomic E-state index is 0.124. The fourth-order valence-electron chi connectivity index (χ4n) is 2.28. The predicted octanol–water partition coefficient (Wildman–Crippen LogP) is 4.00. The van der Waals surface area contributed by atoms with Crippen LogP contribution < -0.4 is 10.6 Å². The zero-order valence-electron chi connectivity index (χ0n) is 12.8. The summed E-state index contributed by atoms with van der Waals surface area (Å²) >= 11 is 3.42. The third kappa shape index (κ3) is 5.20. The molecule has 0 saturated heterocycles. The third-order valence-corrected chi connectivity index (χ3v) is 3.99. The highest BCUT2D eigenvalue weighted by Crippen LogP contribution is 2.19. The van der Waals surface area contributed by atoms with E-state index >= 15 is 0 Å². The number of carbonyl (C=O) groups is 1. The van der Waals surface area contributed by atoms with Crippen LogP contribution >= 0.6 is 15.9 Å². The van der Waals surface area contributed by atoms with Gasteiger partial charge in [-0.2, -0.15) is 5.26 Å². The lowest BCUT2D eigenvalue weighted by atomic mass is 10.0. The topological polar surface area (TPSA) is 64.9 Å². The van der Waals surface area contributed by atoms with Crippen LogP contribution in [-0.4, -0.2) is 12.5 Å². The van der Waals surface area contributed by atoms with Crippen LogP contribution in [0.25, 0.3) is 0 Å². The number of nitrogens with zero attached hydrogens (tertiary/aromatic N) is 1. The quantitative estimate of drug-likeness (QED) is 0.806. The van der Waals surface area contributed by atoms with Crippen LogP contribution in [0.2, 0.25) is 0 Å². The second-order valence-corrected chi connectivity index (χ2v) is 6.05. The van der Waals surface area contributed by atoms with Crippen molar-refractivity contribution in [2.24, 2.45) is 0 Å². The standard InChI is InChI=1S/C18H18BrN3O/c1-2-17(14-6-8-15(19)9-7-14)21-12-18(23)22-16-5-3-4-13(10-16)11-20/h3-10,17,21H,2,12H2,1H3,(H,22,23)/t17-/m0/s1. The SMILES string of the molecule is CC[C@H](NCC(=O)Nc1cccc(C#N)c1)c1ccc(Br)cc1. The zero-order valence-corrected chi connectivity index (χ0v) is 14.4. The van der Waals surface area contributed by atoms with Gasteiger partial charge in [-0.1, -0.05) is 41.1 Å². The number of nitrogens with one attached hydrogen (secondary N) is 2. The molecule has 2 rings (SSSR count). The summed E-state index contributed by atoms with van der Waals surface area (Å²) in [5.74, 6) is -0.129. The number of amides is 1. The Kier molecular flexibility index (Phi) is 6.33. The molecule has 0 fully saturated rings. The number of hydrogen-bond donors (Lipinski definition) is 2. The van der Waals surface area contributed by atoms with Crippen molar-refractivity contribution in [2.75, 3.05) is 11.9 Å². The Morgan fingerprint density at radius 1 is 1.26 bits per heavy atom. The molecule has 118 valence electrons. The van der Waals surface area contributed by atoms with E-state index in [1.807, 2.05) is 24.3 Å². The van der Waals surface area contributed by atoms with Crippen LogP contribution in [-0.2, 0) is 4.79 Å². The van der Waals surface area contributed by atoms with Crippen LogP contribution in [0.4, 0.5) is 5.69 Å². The minimum Gasteiger partial charge on any atom is -0.325 e. The number of halogens is 1. The van der Waals surface area contributed by atoms with Crippen molar-refractivity contribution < 1.29 is 4.79 Å². The summed E-state index contributed by atoms with van der Waals surface area (Å²) in [5.41, 5.74) is 2.31. The van der Waals surface area contributed by atoms with Crippen molar-refractivity contribution in [3.05, 3.63) is 64.1 Å². The number of anilines is 1. The Balaban J connectivity index is 1.92. The Bertz CT molecular complexity index is 707. The van der Waals surface area contributed by atoms with Gasteiger partial charge < -0.3 is 10.6 Å². The third-order valence-electron chi connectivity index (χ3n) is 3.47. The van der Waals surface area contributed by atoms with Crippen LogP contribution in [0.15, 0.2) is 53.0 Å². The first-order valence-corrected chi connectivity index (χ1v) is 8.20. The Morgan fingerprint density at radius 3 is 2.65 bits per heavy atom. The van der Waals surface area contributed by atoms with E-state index in [-0.39, 0.29) is 18.5 Å². The molecule has 0 saturated carbocycles. The predicted molar refractivity (Wildman–Crippen MR) is 95.0 cm³/mol. The van der Waals surface area contributed by atoms with Crippen molar-refractivity contribution in [1.82, 2.24) is 5.32 Å². The number of benzene rings is 2. The lowest BCUT2D eigenvalue weighted by Gasteiger charge is -2.17. The maximum absolute atomic E-state index is 12.1. The molecule has 5 heteroatoms. The molecule has 0 aromatic heterocycles. The number of nitriles is 1. The average molecular weight is 372 g/mol. The maximum atomic E-state index is 12.1. The number of hydrogen-bond acceptors (Lipinski definition) is 3. The van der Waals surface area contributed by atoms with Gasteiger partial charge in [0.05, 0.1) is 18.2 Å². The van der Waals surface area contributed by atoms with Gasteiger partial charge >= 0.3 is 0 Å². The molecule has 1 atom stereocenters. The summed E-state index contributed by atoms with van der Waals surface area (Å²) in [5, 5.41) is 14.9. The first-order chi connectivity index (χ1) is 11.1. The van der Waals surface area contributed by atoms with E-state index in [1.54, 1.807) is 24.3 Å². The molecule has 4 nitrogen and oxygen atoms in total. The van der Waals surface area contributed by atoms with Crippen LogP contribution in [0.5, 0.6) is 0 Å². The summed E-state index contributed by atoms with van der Waals surface area (Å²) in [6, 6.07) is 17.1. The van der Waals surface area contributed by atoms with Gasteiger partial charge in [0.25, 0.3) is 0 Å². The first kappa shape index (κ1) is 17.2. The smallest absolute Gasteiger partial charge is 0.238 e. The maximum Gasteiger partial charge on any atom is 0.238 e. The molecule has 0 bridgehead atoms.